The fourth-order valence-electron chi connectivity index (χ4n) is 1.58. The van der Waals surface area contributed by atoms with Crippen LogP contribution in [0.25, 0.3) is 0 Å². The highest BCUT2D eigenvalue weighted by atomic mass is 79.9. The summed E-state index contributed by atoms with van der Waals surface area (Å²) >= 11 is 3.24. The molecule has 3 nitrogen and oxygen atoms in total. The smallest absolute Gasteiger partial charge is 0.167 e. The second kappa shape index (κ2) is 6.09. The molecule has 0 fully saturated rings. The van der Waals surface area contributed by atoms with Gasteiger partial charge in [-0.15, -0.1) is 0 Å². The lowest BCUT2D eigenvalue weighted by molar-refractivity contribution is 0.319. The molecule has 0 aliphatic rings. The first-order valence-electron chi connectivity index (χ1n) is 5.86. The zero-order valence-corrected chi connectivity index (χ0v) is 12.2. The number of benzene rings is 2. The minimum atomic E-state index is -0.574. The maximum atomic E-state index is 13.6. The van der Waals surface area contributed by atoms with Gasteiger partial charge in [0.15, 0.2) is 17.3 Å². The minimum Gasteiger partial charge on any atom is -0.491 e. The predicted octanol–water partition coefficient (Wildman–Crippen LogP) is 4.50. The molecule has 6 heteroatoms. The number of rotatable bonds is 4. The molecule has 0 aliphatic heterocycles. The molecule has 0 saturated heterocycles. The maximum absolute atomic E-state index is 13.6. The number of halogens is 3. The largest absolute Gasteiger partial charge is 0.491 e. The van der Waals surface area contributed by atoms with Gasteiger partial charge in [-0.05, 0) is 35.0 Å². The summed E-state index contributed by atoms with van der Waals surface area (Å²) in [5.41, 5.74) is 5.79. The monoisotopic (exact) mass is 343 g/mol. The molecular formula is C14H12BrF2NO2. The lowest BCUT2D eigenvalue weighted by atomic mass is 10.2. The zero-order chi connectivity index (χ0) is 14.7. The van der Waals surface area contributed by atoms with E-state index in [-0.39, 0.29) is 22.9 Å². The van der Waals surface area contributed by atoms with E-state index >= 15 is 0 Å². The van der Waals surface area contributed by atoms with Crippen molar-refractivity contribution in [2.45, 2.75) is 6.92 Å². The normalized spacial score (nSPS) is 10.4. The number of ether oxygens (including phenoxy) is 2. The van der Waals surface area contributed by atoms with Gasteiger partial charge in [0.05, 0.1) is 16.8 Å². The van der Waals surface area contributed by atoms with Crippen molar-refractivity contribution in [3.05, 3.63) is 46.4 Å². The van der Waals surface area contributed by atoms with Gasteiger partial charge in [0.2, 0.25) is 0 Å². The van der Waals surface area contributed by atoms with Crippen molar-refractivity contribution in [2.75, 3.05) is 12.3 Å². The molecule has 0 amide bonds. The molecule has 0 bridgehead atoms. The van der Waals surface area contributed by atoms with Crippen LogP contribution in [-0.4, -0.2) is 6.61 Å². The second-order valence-electron chi connectivity index (χ2n) is 3.93. The molecule has 0 saturated carbocycles. The molecule has 2 rings (SSSR count). The molecule has 106 valence electrons. The molecule has 2 N–H and O–H groups in total. The fraction of sp³-hybridized carbons (Fsp3) is 0.143. The Labute approximate surface area is 123 Å². The standard InChI is InChI=1S/C14H12BrF2NO2/c1-2-19-13-7-14(11(18)6-10(13)17)20-12-5-8(16)3-4-9(12)15/h3-7H,2,18H2,1H3. The van der Waals surface area contributed by atoms with Gasteiger partial charge in [0.25, 0.3) is 0 Å². The molecule has 2 aromatic carbocycles. The Morgan fingerprint density at radius 1 is 1.10 bits per heavy atom. The van der Waals surface area contributed by atoms with Crippen LogP contribution in [0.1, 0.15) is 6.92 Å². The summed E-state index contributed by atoms with van der Waals surface area (Å²) < 4.78 is 38.0. The summed E-state index contributed by atoms with van der Waals surface area (Å²) in [5, 5.41) is 0. The van der Waals surface area contributed by atoms with Gasteiger partial charge in [-0.25, -0.2) is 8.78 Å². The highest BCUT2D eigenvalue weighted by Crippen LogP contribution is 2.36. The summed E-state index contributed by atoms with van der Waals surface area (Å²) in [6.45, 7) is 2.05. The zero-order valence-electron chi connectivity index (χ0n) is 10.6. The van der Waals surface area contributed by atoms with Crippen LogP contribution < -0.4 is 15.2 Å². The first kappa shape index (κ1) is 14.6. The highest BCUT2D eigenvalue weighted by molar-refractivity contribution is 9.10. The van der Waals surface area contributed by atoms with E-state index in [1.54, 1.807) is 6.92 Å². The van der Waals surface area contributed by atoms with Gasteiger partial charge in [0, 0.05) is 18.2 Å². The van der Waals surface area contributed by atoms with Crippen LogP contribution in [0.15, 0.2) is 34.8 Å². The second-order valence-corrected chi connectivity index (χ2v) is 4.78. The van der Waals surface area contributed by atoms with Crippen LogP contribution in [0.3, 0.4) is 0 Å². The predicted molar refractivity (Wildman–Crippen MR) is 76.2 cm³/mol. The topological polar surface area (TPSA) is 44.5 Å². The van der Waals surface area contributed by atoms with E-state index in [0.717, 1.165) is 6.07 Å². The van der Waals surface area contributed by atoms with Gasteiger partial charge in [-0.2, -0.15) is 0 Å². The molecule has 0 spiro atoms. The summed E-state index contributed by atoms with van der Waals surface area (Å²) in [5.74, 6) is -0.556. The lowest BCUT2D eigenvalue weighted by Crippen LogP contribution is -1.99. The van der Waals surface area contributed by atoms with Gasteiger partial charge in [-0.3, -0.25) is 0 Å². The van der Waals surface area contributed by atoms with Crippen LogP contribution in [0.5, 0.6) is 17.2 Å². The quantitative estimate of drug-likeness (QED) is 0.831. The Kier molecular flexibility index (Phi) is 4.44. The van der Waals surface area contributed by atoms with Crippen molar-refractivity contribution in [1.29, 1.82) is 0 Å². The van der Waals surface area contributed by atoms with Crippen molar-refractivity contribution in [1.82, 2.24) is 0 Å². The van der Waals surface area contributed by atoms with Crippen LogP contribution in [-0.2, 0) is 0 Å². The van der Waals surface area contributed by atoms with E-state index in [0.29, 0.717) is 11.1 Å². The molecule has 0 unspecified atom stereocenters. The number of hydrogen-bond donors (Lipinski definition) is 1. The van der Waals surface area contributed by atoms with Crippen molar-refractivity contribution < 1.29 is 18.3 Å². The van der Waals surface area contributed by atoms with Crippen molar-refractivity contribution >= 4 is 21.6 Å². The van der Waals surface area contributed by atoms with Crippen LogP contribution in [0.2, 0.25) is 0 Å². The molecule has 0 heterocycles. The molecule has 0 atom stereocenters. The molecule has 0 aromatic heterocycles. The van der Waals surface area contributed by atoms with E-state index in [9.17, 15) is 8.78 Å². The summed E-state index contributed by atoms with van der Waals surface area (Å²) in [6, 6.07) is 6.44. The molecule has 2 aromatic rings. The van der Waals surface area contributed by atoms with E-state index in [2.05, 4.69) is 15.9 Å². The molecule has 0 aliphatic carbocycles. The summed E-state index contributed by atoms with van der Waals surface area (Å²) in [7, 11) is 0. The van der Waals surface area contributed by atoms with E-state index in [1.807, 2.05) is 0 Å². The summed E-state index contributed by atoms with van der Waals surface area (Å²) in [6.07, 6.45) is 0. The lowest BCUT2D eigenvalue weighted by Gasteiger charge is -2.12. The minimum absolute atomic E-state index is 0.0317. The van der Waals surface area contributed by atoms with E-state index in [1.165, 1.54) is 24.3 Å². The van der Waals surface area contributed by atoms with Crippen molar-refractivity contribution in [2.24, 2.45) is 0 Å². The Morgan fingerprint density at radius 2 is 1.85 bits per heavy atom. The van der Waals surface area contributed by atoms with Gasteiger partial charge in [0.1, 0.15) is 11.6 Å². The van der Waals surface area contributed by atoms with E-state index < -0.39 is 11.6 Å². The van der Waals surface area contributed by atoms with Crippen LogP contribution >= 0.6 is 15.9 Å². The number of nitrogen functional groups attached to an aromatic ring is 1. The van der Waals surface area contributed by atoms with Crippen molar-refractivity contribution in [3.63, 3.8) is 0 Å². The molecule has 20 heavy (non-hydrogen) atoms. The third-order valence-electron chi connectivity index (χ3n) is 2.48. The van der Waals surface area contributed by atoms with Crippen LogP contribution in [0.4, 0.5) is 14.5 Å². The van der Waals surface area contributed by atoms with Gasteiger partial charge < -0.3 is 15.2 Å². The first-order chi connectivity index (χ1) is 9.51. The highest BCUT2D eigenvalue weighted by Gasteiger charge is 2.12. The Hall–Kier alpha value is -1.82. The number of nitrogens with two attached hydrogens (primary N) is 1. The first-order valence-corrected chi connectivity index (χ1v) is 6.65. The SMILES string of the molecule is CCOc1cc(Oc2cc(F)ccc2Br)c(N)cc1F. The van der Waals surface area contributed by atoms with Crippen LogP contribution in [0, 0.1) is 11.6 Å². The maximum Gasteiger partial charge on any atom is 0.167 e. The third kappa shape index (κ3) is 3.19. The fourth-order valence-corrected chi connectivity index (χ4v) is 1.91. The molecular weight excluding hydrogens is 332 g/mol. The molecule has 0 radical (unpaired) electrons. The van der Waals surface area contributed by atoms with Gasteiger partial charge in [-0.1, -0.05) is 0 Å². The third-order valence-corrected chi connectivity index (χ3v) is 3.13. The number of hydrogen-bond acceptors (Lipinski definition) is 3. The average Bonchev–Trinajstić information content (AvgIpc) is 2.39. The van der Waals surface area contributed by atoms with Gasteiger partial charge >= 0.3 is 0 Å². The van der Waals surface area contributed by atoms with Crippen molar-refractivity contribution in [3.8, 4) is 17.2 Å². The van der Waals surface area contributed by atoms with E-state index in [4.69, 9.17) is 15.2 Å². The Bertz CT molecular complexity index is 635. The number of anilines is 1. The Balaban J connectivity index is 2.37. The summed E-state index contributed by atoms with van der Waals surface area (Å²) in [4.78, 5) is 0. The average molecular weight is 344 g/mol. The Morgan fingerprint density at radius 3 is 2.55 bits per heavy atom.